The standard InChI is InChI=1S/C18H29FN4O/c1-3-9-21-18(20-4-2)22-13-14-5-6-17(16(19)12-14)23-10-7-15(24)8-11-23/h5-6,12,15,24H,3-4,7-11,13H2,1-2H3,(H2,20,21,22). The number of piperidine rings is 1. The van der Waals surface area contributed by atoms with E-state index >= 15 is 0 Å². The van der Waals surface area contributed by atoms with Crippen molar-refractivity contribution in [1.82, 2.24) is 10.6 Å². The van der Waals surface area contributed by atoms with Crippen molar-refractivity contribution in [2.24, 2.45) is 4.99 Å². The molecule has 1 aromatic carbocycles. The summed E-state index contributed by atoms with van der Waals surface area (Å²) in [6.45, 7) is 7.61. The molecule has 0 spiro atoms. The van der Waals surface area contributed by atoms with Crippen LogP contribution in [0.1, 0.15) is 38.7 Å². The summed E-state index contributed by atoms with van der Waals surface area (Å²) < 4.78 is 14.4. The van der Waals surface area contributed by atoms with Crippen LogP contribution in [0.15, 0.2) is 23.2 Å². The van der Waals surface area contributed by atoms with Gasteiger partial charge in [0, 0.05) is 26.2 Å². The molecular formula is C18H29FN4O. The van der Waals surface area contributed by atoms with Gasteiger partial charge in [-0.1, -0.05) is 13.0 Å². The summed E-state index contributed by atoms with van der Waals surface area (Å²) in [5.74, 6) is 0.541. The van der Waals surface area contributed by atoms with Gasteiger partial charge in [0.2, 0.25) is 0 Å². The molecule has 0 saturated carbocycles. The summed E-state index contributed by atoms with van der Waals surface area (Å²) >= 11 is 0. The van der Waals surface area contributed by atoms with Gasteiger partial charge < -0.3 is 20.6 Å². The molecule has 0 aliphatic carbocycles. The highest BCUT2D eigenvalue weighted by Crippen LogP contribution is 2.24. The molecule has 1 heterocycles. The monoisotopic (exact) mass is 336 g/mol. The minimum atomic E-state index is -0.252. The lowest BCUT2D eigenvalue weighted by Gasteiger charge is -2.31. The largest absolute Gasteiger partial charge is 0.393 e. The molecule has 0 radical (unpaired) electrons. The van der Waals surface area contributed by atoms with Crippen molar-refractivity contribution in [2.45, 2.75) is 45.8 Å². The fourth-order valence-corrected chi connectivity index (χ4v) is 2.77. The van der Waals surface area contributed by atoms with Crippen LogP contribution in [0, 0.1) is 5.82 Å². The van der Waals surface area contributed by atoms with E-state index in [2.05, 4.69) is 22.5 Å². The number of aliphatic imine (C=N–C) groups is 1. The smallest absolute Gasteiger partial charge is 0.191 e. The molecule has 0 amide bonds. The normalized spacial score (nSPS) is 16.3. The zero-order valence-corrected chi connectivity index (χ0v) is 14.7. The average molecular weight is 336 g/mol. The second kappa shape index (κ2) is 9.47. The lowest BCUT2D eigenvalue weighted by Crippen LogP contribution is -2.37. The number of guanidine groups is 1. The molecule has 134 valence electrons. The van der Waals surface area contributed by atoms with Crippen LogP contribution < -0.4 is 15.5 Å². The maximum atomic E-state index is 14.4. The topological polar surface area (TPSA) is 59.9 Å². The Morgan fingerprint density at radius 3 is 2.67 bits per heavy atom. The molecular weight excluding hydrogens is 307 g/mol. The Bertz CT molecular complexity index is 542. The summed E-state index contributed by atoms with van der Waals surface area (Å²) in [4.78, 5) is 6.50. The molecule has 5 nitrogen and oxygen atoms in total. The molecule has 0 bridgehead atoms. The maximum absolute atomic E-state index is 14.4. The third-order valence-corrected chi connectivity index (χ3v) is 4.12. The number of nitrogens with one attached hydrogen (secondary N) is 2. The summed E-state index contributed by atoms with van der Waals surface area (Å²) in [6, 6.07) is 5.31. The quantitative estimate of drug-likeness (QED) is 0.551. The molecule has 0 atom stereocenters. The van der Waals surface area contributed by atoms with E-state index in [4.69, 9.17) is 0 Å². The minimum Gasteiger partial charge on any atom is -0.393 e. The van der Waals surface area contributed by atoms with Gasteiger partial charge in [0.05, 0.1) is 18.3 Å². The SMILES string of the molecule is CCCNC(=NCc1ccc(N2CCC(O)CC2)c(F)c1)NCC. The highest BCUT2D eigenvalue weighted by Gasteiger charge is 2.19. The van der Waals surface area contributed by atoms with E-state index in [-0.39, 0.29) is 11.9 Å². The molecule has 0 aromatic heterocycles. The van der Waals surface area contributed by atoms with E-state index in [1.807, 2.05) is 24.0 Å². The van der Waals surface area contributed by atoms with E-state index in [9.17, 15) is 9.50 Å². The van der Waals surface area contributed by atoms with Gasteiger partial charge in [-0.2, -0.15) is 0 Å². The van der Waals surface area contributed by atoms with Gasteiger partial charge in [-0.3, -0.25) is 0 Å². The highest BCUT2D eigenvalue weighted by molar-refractivity contribution is 5.79. The maximum Gasteiger partial charge on any atom is 0.191 e. The van der Waals surface area contributed by atoms with Crippen molar-refractivity contribution in [3.63, 3.8) is 0 Å². The van der Waals surface area contributed by atoms with Crippen molar-refractivity contribution in [1.29, 1.82) is 0 Å². The van der Waals surface area contributed by atoms with E-state index in [0.29, 0.717) is 38.2 Å². The first-order valence-electron chi connectivity index (χ1n) is 8.87. The zero-order chi connectivity index (χ0) is 17.4. The van der Waals surface area contributed by atoms with Crippen LogP contribution in [0.25, 0.3) is 0 Å². The third-order valence-electron chi connectivity index (χ3n) is 4.12. The van der Waals surface area contributed by atoms with Crippen LogP contribution in [-0.2, 0) is 6.54 Å². The van der Waals surface area contributed by atoms with Crippen LogP contribution in [-0.4, -0.2) is 43.3 Å². The first-order chi connectivity index (χ1) is 11.6. The Balaban J connectivity index is 2.00. The van der Waals surface area contributed by atoms with Crippen molar-refractivity contribution in [2.75, 3.05) is 31.1 Å². The predicted molar refractivity (Wildman–Crippen MR) is 97.0 cm³/mol. The number of aliphatic hydroxyl groups is 1. The molecule has 2 rings (SSSR count). The van der Waals surface area contributed by atoms with Gasteiger partial charge in [0.25, 0.3) is 0 Å². The van der Waals surface area contributed by atoms with Crippen molar-refractivity contribution in [3.05, 3.63) is 29.6 Å². The fourth-order valence-electron chi connectivity index (χ4n) is 2.77. The number of nitrogens with zero attached hydrogens (tertiary/aromatic N) is 2. The number of hydrogen-bond acceptors (Lipinski definition) is 3. The number of benzene rings is 1. The average Bonchev–Trinajstić information content (AvgIpc) is 2.58. The van der Waals surface area contributed by atoms with E-state index in [0.717, 1.165) is 31.0 Å². The molecule has 1 aliphatic heterocycles. The first kappa shape index (κ1) is 18.5. The summed E-state index contributed by atoms with van der Waals surface area (Å²) in [5, 5.41) is 16.0. The van der Waals surface area contributed by atoms with Crippen LogP contribution in [0.4, 0.5) is 10.1 Å². The van der Waals surface area contributed by atoms with Crippen molar-refractivity contribution < 1.29 is 9.50 Å². The summed E-state index contributed by atoms with van der Waals surface area (Å²) in [5.41, 5.74) is 1.47. The molecule has 6 heteroatoms. The first-order valence-corrected chi connectivity index (χ1v) is 8.87. The Morgan fingerprint density at radius 2 is 2.04 bits per heavy atom. The number of halogens is 1. The predicted octanol–water partition coefficient (Wildman–Crippen LogP) is 2.25. The second-order valence-corrected chi connectivity index (χ2v) is 6.13. The lowest BCUT2D eigenvalue weighted by atomic mass is 10.1. The van der Waals surface area contributed by atoms with Gasteiger partial charge in [-0.25, -0.2) is 9.38 Å². The molecule has 24 heavy (non-hydrogen) atoms. The van der Waals surface area contributed by atoms with Crippen molar-refractivity contribution >= 4 is 11.6 Å². The number of aliphatic hydroxyl groups excluding tert-OH is 1. The fraction of sp³-hybridized carbons (Fsp3) is 0.611. The number of hydrogen-bond donors (Lipinski definition) is 3. The van der Waals surface area contributed by atoms with E-state index in [1.165, 1.54) is 0 Å². The molecule has 1 fully saturated rings. The van der Waals surface area contributed by atoms with Crippen molar-refractivity contribution in [3.8, 4) is 0 Å². The molecule has 1 aliphatic rings. The zero-order valence-electron chi connectivity index (χ0n) is 14.7. The van der Waals surface area contributed by atoms with Gasteiger partial charge in [-0.15, -0.1) is 0 Å². The van der Waals surface area contributed by atoms with Crippen LogP contribution in [0.2, 0.25) is 0 Å². The Kier molecular flexibility index (Phi) is 7.31. The van der Waals surface area contributed by atoms with Gasteiger partial charge in [0.1, 0.15) is 5.82 Å². The molecule has 3 N–H and O–H groups in total. The third kappa shape index (κ3) is 5.37. The van der Waals surface area contributed by atoms with Gasteiger partial charge >= 0.3 is 0 Å². The van der Waals surface area contributed by atoms with Crippen LogP contribution >= 0.6 is 0 Å². The number of anilines is 1. The highest BCUT2D eigenvalue weighted by atomic mass is 19.1. The van der Waals surface area contributed by atoms with Crippen LogP contribution in [0.5, 0.6) is 0 Å². The second-order valence-electron chi connectivity index (χ2n) is 6.13. The van der Waals surface area contributed by atoms with Crippen LogP contribution in [0.3, 0.4) is 0 Å². The number of rotatable bonds is 6. The minimum absolute atomic E-state index is 0.217. The van der Waals surface area contributed by atoms with Gasteiger partial charge in [-0.05, 0) is 43.9 Å². The lowest BCUT2D eigenvalue weighted by molar-refractivity contribution is 0.145. The Morgan fingerprint density at radius 1 is 1.29 bits per heavy atom. The van der Waals surface area contributed by atoms with E-state index < -0.39 is 0 Å². The molecule has 1 saturated heterocycles. The summed E-state index contributed by atoms with van der Waals surface area (Å²) in [6.07, 6.45) is 2.16. The van der Waals surface area contributed by atoms with Gasteiger partial charge in [0.15, 0.2) is 5.96 Å². The summed E-state index contributed by atoms with van der Waals surface area (Å²) in [7, 11) is 0. The molecule has 0 unspecified atom stereocenters. The van der Waals surface area contributed by atoms with E-state index in [1.54, 1.807) is 6.07 Å². The Hall–Kier alpha value is -1.82. The Labute approximate surface area is 144 Å². The molecule has 1 aromatic rings.